The van der Waals surface area contributed by atoms with Gasteiger partial charge in [-0.1, -0.05) is 25.1 Å². The van der Waals surface area contributed by atoms with Crippen LogP contribution in [0, 0.1) is 0 Å². The number of fused-ring (bicyclic) bond motifs is 1. The maximum atomic E-state index is 6.39. The molecular weight excluding hydrogens is 242 g/mol. The van der Waals surface area contributed by atoms with Crippen LogP contribution in [0.5, 0.6) is 0 Å². The van der Waals surface area contributed by atoms with Crippen molar-refractivity contribution in [2.24, 2.45) is 5.73 Å². The van der Waals surface area contributed by atoms with Gasteiger partial charge in [-0.15, -0.1) is 11.3 Å². The summed E-state index contributed by atoms with van der Waals surface area (Å²) in [6.45, 7) is 2.08. The molecule has 0 fully saturated rings. The van der Waals surface area contributed by atoms with Crippen LogP contribution in [0.15, 0.2) is 46.4 Å². The van der Waals surface area contributed by atoms with Gasteiger partial charge in [0.2, 0.25) is 0 Å². The van der Waals surface area contributed by atoms with Crippen LogP contribution in [0.2, 0.25) is 0 Å². The van der Waals surface area contributed by atoms with E-state index in [2.05, 4.69) is 36.6 Å². The molecule has 92 valence electrons. The van der Waals surface area contributed by atoms with Crippen LogP contribution in [0.3, 0.4) is 0 Å². The molecule has 3 rings (SSSR count). The van der Waals surface area contributed by atoms with E-state index in [1.807, 2.05) is 6.07 Å². The molecule has 1 atom stereocenters. The maximum absolute atomic E-state index is 6.39. The van der Waals surface area contributed by atoms with Crippen molar-refractivity contribution in [3.63, 3.8) is 0 Å². The molecule has 2 heterocycles. The molecule has 0 radical (unpaired) electrons. The van der Waals surface area contributed by atoms with Crippen LogP contribution in [-0.2, 0) is 6.42 Å². The number of rotatable bonds is 3. The highest BCUT2D eigenvalue weighted by Crippen LogP contribution is 2.33. The van der Waals surface area contributed by atoms with Gasteiger partial charge in [-0.2, -0.15) is 0 Å². The van der Waals surface area contributed by atoms with Crippen LogP contribution < -0.4 is 5.73 Å². The lowest BCUT2D eigenvalue weighted by Gasteiger charge is -2.10. The molecule has 3 heteroatoms. The Bertz CT molecular complexity index is 668. The number of hydrogen-bond donors (Lipinski definition) is 1. The minimum Gasteiger partial charge on any atom is -0.469 e. The van der Waals surface area contributed by atoms with Crippen LogP contribution in [-0.4, -0.2) is 0 Å². The third kappa shape index (κ3) is 1.76. The lowest BCUT2D eigenvalue weighted by atomic mass is 9.99. The Morgan fingerprint density at radius 2 is 2.06 bits per heavy atom. The summed E-state index contributed by atoms with van der Waals surface area (Å²) in [5, 5.41) is 3.40. The summed E-state index contributed by atoms with van der Waals surface area (Å²) < 4.78 is 6.75. The predicted octanol–water partition coefficient (Wildman–Crippen LogP) is 4.10. The second-order valence-corrected chi connectivity index (χ2v) is 5.23. The van der Waals surface area contributed by atoms with E-state index < -0.39 is 0 Å². The summed E-state index contributed by atoms with van der Waals surface area (Å²) in [4.78, 5) is 0. The lowest BCUT2D eigenvalue weighted by molar-refractivity contribution is 0.509. The Labute approximate surface area is 110 Å². The fourth-order valence-corrected chi connectivity index (χ4v) is 3.32. The van der Waals surface area contributed by atoms with Gasteiger partial charge in [0.25, 0.3) is 0 Å². The number of thiophene rings is 1. The predicted molar refractivity (Wildman–Crippen MR) is 75.9 cm³/mol. The molecule has 2 N–H and O–H groups in total. The largest absolute Gasteiger partial charge is 0.469 e. The van der Waals surface area contributed by atoms with Crippen molar-refractivity contribution < 1.29 is 4.42 Å². The standard InChI is InChI=1S/C15H15NOS/c1-2-13-11(7-8-17-13)15(16)12-9-18-14-6-4-3-5-10(12)14/h3-9,15H,2,16H2,1H3. The zero-order chi connectivity index (χ0) is 12.5. The summed E-state index contributed by atoms with van der Waals surface area (Å²) in [5.74, 6) is 0.984. The minimum absolute atomic E-state index is 0.102. The van der Waals surface area contributed by atoms with Crippen molar-refractivity contribution in [2.75, 3.05) is 0 Å². The fourth-order valence-electron chi connectivity index (χ4n) is 2.32. The van der Waals surface area contributed by atoms with Gasteiger partial charge in [0.1, 0.15) is 5.76 Å². The van der Waals surface area contributed by atoms with Gasteiger partial charge in [-0.05, 0) is 28.5 Å². The molecule has 0 amide bonds. The third-order valence-electron chi connectivity index (χ3n) is 3.28. The first-order valence-corrected chi connectivity index (χ1v) is 6.97. The Morgan fingerprint density at radius 1 is 1.22 bits per heavy atom. The van der Waals surface area contributed by atoms with Crippen LogP contribution in [0.1, 0.15) is 29.9 Å². The quantitative estimate of drug-likeness (QED) is 0.767. The normalized spacial score (nSPS) is 13.0. The molecule has 3 aromatic rings. The Morgan fingerprint density at radius 3 is 2.89 bits per heavy atom. The van der Waals surface area contributed by atoms with Crippen molar-refractivity contribution >= 4 is 21.4 Å². The van der Waals surface area contributed by atoms with Crippen LogP contribution in [0.4, 0.5) is 0 Å². The zero-order valence-electron chi connectivity index (χ0n) is 10.2. The Kier molecular flexibility index (Phi) is 2.94. The summed E-state index contributed by atoms with van der Waals surface area (Å²) >= 11 is 1.74. The Hall–Kier alpha value is -1.58. The second kappa shape index (κ2) is 4.59. The average molecular weight is 257 g/mol. The molecular formula is C15H15NOS. The van der Waals surface area contributed by atoms with Gasteiger partial charge < -0.3 is 10.2 Å². The summed E-state index contributed by atoms with van der Waals surface area (Å²) in [5.41, 5.74) is 8.68. The number of furan rings is 1. The third-order valence-corrected chi connectivity index (χ3v) is 4.26. The average Bonchev–Trinajstić information content (AvgIpc) is 3.04. The topological polar surface area (TPSA) is 39.2 Å². The minimum atomic E-state index is -0.102. The van der Waals surface area contributed by atoms with Gasteiger partial charge in [0.15, 0.2) is 0 Å². The maximum Gasteiger partial charge on any atom is 0.108 e. The molecule has 0 aliphatic carbocycles. The van der Waals surface area contributed by atoms with E-state index in [1.165, 1.54) is 15.6 Å². The molecule has 0 aliphatic heterocycles. The highest BCUT2D eigenvalue weighted by molar-refractivity contribution is 7.17. The van der Waals surface area contributed by atoms with Crippen LogP contribution in [0.25, 0.3) is 10.1 Å². The summed E-state index contributed by atoms with van der Waals surface area (Å²) in [7, 11) is 0. The lowest BCUT2D eigenvalue weighted by Crippen LogP contribution is -2.12. The second-order valence-electron chi connectivity index (χ2n) is 4.32. The van der Waals surface area contributed by atoms with E-state index in [0.29, 0.717) is 0 Å². The first-order chi connectivity index (χ1) is 8.81. The molecule has 0 saturated carbocycles. The highest BCUT2D eigenvalue weighted by Gasteiger charge is 2.18. The van der Waals surface area contributed by atoms with E-state index in [1.54, 1.807) is 17.6 Å². The highest BCUT2D eigenvalue weighted by atomic mass is 32.1. The van der Waals surface area contributed by atoms with Crippen molar-refractivity contribution in [1.82, 2.24) is 0 Å². The molecule has 18 heavy (non-hydrogen) atoms. The van der Waals surface area contributed by atoms with Crippen molar-refractivity contribution in [2.45, 2.75) is 19.4 Å². The molecule has 0 bridgehead atoms. The van der Waals surface area contributed by atoms with Gasteiger partial charge in [0.05, 0.1) is 12.3 Å². The SMILES string of the molecule is CCc1occc1C(N)c1csc2ccccc12. The van der Waals surface area contributed by atoms with Crippen LogP contribution >= 0.6 is 11.3 Å². The molecule has 2 aromatic heterocycles. The molecule has 2 nitrogen and oxygen atoms in total. The van der Waals surface area contributed by atoms with Crippen molar-refractivity contribution in [3.05, 3.63) is 58.9 Å². The van der Waals surface area contributed by atoms with Crippen molar-refractivity contribution in [1.29, 1.82) is 0 Å². The van der Waals surface area contributed by atoms with E-state index in [-0.39, 0.29) is 6.04 Å². The Balaban J connectivity index is 2.09. The van der Waals surface area contributed by atoms with Crippen molar-refractivity contribution in [3.8, 4) is 0 Å². The summed E-state index contributed by atoms with van der Waals surface area (Å²) in [6, 6.07) is 10.3. The van der Waals surface area contributed by atoms with E-state index in [4.69, 9.17) is 10.2 Å². The number of aryl methyl sites for hydroxylation is 1. The number of nitrogens with two attached hydrogens (primary N) is 1. The van der Waals surface area contributed by atoms with E-state index >= 15 is 0 Å². The van der Waals surface area contributed by atoms with Gasteiger partial charge in [-0.3, -0.25) is 0 Å². The first-order valence-electron chi connectivity index (χ1n) is 6.09. The van der Waals surface area contributed by atoms with Gasteiger partial charge >= 0.3 is 0 Å². The van der Waals surface area contributed by atoms with E-state index in [9.17, 15) is 0 Å². The van der Waals surface area contributed by atoms with Gasteiger partial charge in [-0.25, -0.2) is 0 Å². The zero-order valence-corrected chi connectivity index (χ0v) is 11.0. The molecule has 1 aromatic carbocycles. The van der Waals surface area contributed by atoms with E-state index in [0.717, 1.165) is 17.7 Å². The number of hydrogen-bond acceptors (Lipinski definition) is 3. The number of benzene rings is 1. The molecule has 1 unspecified atom stereocenters. The molecule has 0 saturated heterocycles. The smallest absolute Gasteiger partial charge is 0.108 e. The fraction of sp³-hybridized carbons (Fsp3) is 0.200. The monoisotopic (exact) mass is 257 g/mol. The van der Waals surface area contributed by atoms with Gasteiger partial charge in [0, 0.05) is 16.7 Å². The molecule has 0 aliphatic rings. The first kappa shape index (κ1) is 11.5. The molecule has 0 spiro atoms. The summed E-state index contributed by atoms with van der Waals surface area (Å²) in [6.07, 6.45) is 2.60.